The topological polar surface area (TPSA) is 98.8 Å². The minimum absolute atomic E-state index is 0.158. The second-order valence-electron chi connectivity index (χ2n) is 6.14. The molecule has 0 radical (unpaired) electrons. The van der Waals surface area contributed by atoms with Gasteiger partial charge >= 0.3 is 0 Å². The first-order chi connectivity index (χ1) is 11.2. The molecule has 0 unspecified atom stereocenters. The Morgan fingerprint density at radius 2 is 1.96 bits per heavy atom. The van der Waals surface area contributed by atoms with Gasteiger partial charge in [0.05, 0.1) is 19.2 Å². The van der Waals surface area contributed by atoms with Crippen LogP contribution in [0.1, 0.15) is 12.8 Å². The molecule has 0 saturated carbocycles. The largest absolute Gasteiger partial charge is 0.394 e. The molecule has 1 amide bonds. The Kier molecular flexibility index (Phi) is 4.92. The number of piperazine rings is 1. The van der Waals surface area contributed by atoms with Crippen LogP contribution < -0.4 is 15.5 Å². The molecular formula is C15H24N6O2. The summed E-state index contributed by atoms with van der Waals surface area (Å²) in [6.45, 7) is 4.62. The highest BCUT2D eigenvalue weighted by Crippen LogP contribution is 2.26. The third kappa shape index (κ3) is 3.70. The van der Waals surface area contributed by atoms with Crippen molar-refractivity contribution >= 4 is 17.5 Å². The first-order valence-corrected chi connectivity index (χ1v) is 8.12. The van der Waals surface area contributed by atoms with E-state index < -0.39 is 0 Å². The van der Waals surface area contributed by atoms with E-state index in [1.165, 1.54) is 0 Å². The van der Waals surface area contributed by atoms with Crippen molar-refractivity contribution in [2.45, 2.75) is 18.9 Å². The average molecular weight is 320 g/mol. The molecule has 23 heavy (non-hydrogen) atoms. The van der Waals surface area contributed by atoms with Crippen LogP contribution in [0.5, 0.6) is 0 Å². The maximum atomic E-state index is 11.0. The maximum Gasteiger partial charge on any atom is 0.231 e. The second-order valence-corrected chi connectivity index (χ2v) is 6.14. The Hall–Kier alpha value is -1.93. The van der Waals surface area contributed by atoms with E-state index in [0.29, 0.717) is 6.54 Å². The van der Waals surface area contributed by atoms with Crippen LogP contribution >= 0.6 is 0 Å². The summed E-state index contributed by atoms with van der Waals surface area (Å²) in [7, 11) is 0. The number of nitrogens with zero attached hydrogens (tertiary/aromatic N) is 5. The van der Waals surface area contributed by atoms with E-state index in [0.717, 1.165) is 57.2 Å². The molecule has 1 aromatic rings. The fourth-order valence-corrected chi connectivity index (χ4v) is 3.35. The van der Waals surface area contributed by atoms with E-state index in [1.54, 1.807) is 6.33 Å². The van der Waals surface area contributed by atoms with Gasteiger partial charge in [0.25, 0.3) is 0 Å². The van der Waals surface area contributed by atoms with Crippen LogP contribution in [0.3, 0.4) is 0 Å². The second kappa shape index (κ2) is 7.10. The number of aromatic nitrogens is 2. The van der Waals surface area contributed by atoms with Crippen molar-refractivity contribution in [2.75, 3.05) is 55.7 Å². The molecule has 8 heteroatoms. The number of hydrogen-bond donors (Lipinski definition) is 2. The highest BCUT2D eigenvalue weighted by atomic mass is 16.3. The molecule has 3 heterocycles. The van der Waals surface area contributed by atoms with E-state index in [4.69, 9.17) is 5.73 Å². The average Bonchev–Trinajstić information content (AvgIpc) is 3.04. The number of carbonyl (C=O) groups is 1. The van der Waals surface area contributed by atoms with Crippen LogP contribution in [0.2, 0.25) is 0 Å². The summed E-state index contributed by atoms with van der Waals surface area (Å²) in [6.07, 6.45) is 3.67. The van der Waals surface area contributed by atoms with Crippen molar-refractivity contribution < 1.29 is 9.90 Å². The van der Waals surface area contributed by atoms with E-state index in [9.17, 15) is 9.90 Å². The van der Waals surface area contributed by atoms with E-state index >= 15 is 0 Å². The molecular weight excluding hydrogens is 296 g/mol. The van der Waals surface area contributed by atoms with Crippen LogP contribution in [0.25, 0.3) is 0 Å². The van der Waals surface area contributed by atoms with Gasteiger partial charge in [-0.3, -0.25) is 9.69 Å². The molecule has 0 aromatic carbocycles. The van der Waals surface area contributed by atoms with E-state index in [1.807, 2.05) is 6.07 Å². The van der Waals surface area contributed by atoms with Gasteiger partial charge < -0.3 is 20.6 Å². The molecule has 1 atom stereocenters. The Labute approximate surface area is 135 Å². The molecule has 2 fully saturated rings. The molecule has 2 aliphatic rings. The van der Waals surface area contributed by atoms with E-state index in [2.05, 4.69) is 24.7 Å². The maximum absolute atomic E-state index is 11.0. The quantitative estimate of drug-likeness (QED) is 0.721. The number of nitrogens with two attached hydrogens (primary N) is 1. The van der Waals surface area contributed by atoms with Gasteiger partial charge in [0.15, 0.2) is 0 Å². The van der Waals surface area contributed by atoms with Crippen molar-refractivity contribution in [1.29, 1.82) is 0 Å². The number of primary amides is 1. The van der Waals surface area contributed by atoms with Crippen molar-refractivity contribution in [1.82, 2.24) is 14.9 Å². The molecule has 8 nitrogen and oxygen atoms in total. The van der Waals surface area contributed by atoms with Crippen LogP contribution in [0.4, 0.5) is 11.6 Å². The highest BCUT2D eigenvalue weighted by molar-refractivity contribution is 5.75. The van der Waals surface area contributed by atoms with Gasteiger partial charge in [-0.1, -0.05) is 0 Å². The molecule has 0 bridgehead atoms. The lowest BCUT2D eigenvalue weighted by Gasteiger charge is -2.35. The fraction of sp³-hybridized carbons (Fsp3) is 0.667. The SMILES string of the molecule is NC(=O)CN1CCN(c2cc(N3CCC[C@H]3CO)ncn2)CC1. The third-order valence-corrected chi connectivity index (χ3v) is 4.60. The zero-order valence-electron chi connectivity index (χ0n) is 13.3. The van der Waals surface area contributed by atoms with Crippen LogP contribution in [-0.2, 0) is 4.79 Å². The molecule has 0 spiro atoms. The summed E-state index contributed by atoms with van der Waals surface area (Å²) in [5, 5.41) is 9.48. The first kappa shape index (κ1) is 15.9. The summed E-state index contributed by atoms with van der Waals surface area (Å²) >= 11 is 0. The molecule has 3 N–H and O–H groups in total. The lowest BCUT2D eigenvalue weighted by molar-refractivity contribution is -0.119. The van der Waals surface area contributed by atoms with Gasteiger partial charge in [-0.15, -0.1) is 0 Å². The van der Waals surface area contributed by atoms with Crippen LogP contribution in [0, 0.1) is 0 Å². The minimum Gasteiger partial charge on any atom is -0.394 e. The summed E-state index contributed by atoms with van der Waals surface area (Å²) in [4.78, 5) is 26.2. The predicted molar refractivity (Wildman–Crippen MR) is 87.3 cm³/mol. The zero-order chi connectivity index (χ0) is 16.2. The number of carbonyl (C=O) groups excluding carboxylic acids is 1. The summed E-state index contributed by atoms with van der Waals surface area (Å²) < 4.78 is 0. The normalized spacial score (nSPS) is 22.6. The Bertz CT molecular complexity index is 547. The van der Waals surface area contributed by atoms with Crippen molar-refractivity contribution in [3.05, 3.63) is 12.4 Å². The van der Waals surface area contributed by atoms with Crippen LogP contribution in [-0.4, -0.2) is 77.8 Å². The number of aliphatic hydroxyl groups excluding tert-OH is 1. The number of aliphatic hydroxyl groups is 1. The number of anilines is 2. The van der Waals surface area contributed by atoms with Gasteiger partial charge in [0.2, 0.25) is 5.91 Å². The molecule has 1 aromatic heterocycles. The third-order valence-electron chi connectivity index (χ3n) is 4.60. The molecule has 126 valence electrons. The van der Waals surface area contributed by atoms with Crippen molar-refractivity contribution in [2.24, 2.45) is 5.73 Å². The number of rotatable bonds is 5. The molecule has 2 aliphatic heterocycles. The van der Waals surface area contributed by atoms with E-state index in [-0.39, 0.29) is 18.6 Å². The molecule has 0 aliphatic carbocycles. The smallest absolute Gasteiger partial charge is 0.231 e. The van der Waals surface area contributed by atoms with Gasteiger partial charge in [0, 0.05) is 38.8 Å². The number of amides is 1. The van der Waals surface area contributed by atoms with Crippen LogP contribution in [0.15, 0.2) is 12.4 Å². The lowest BCUT2D eigenvalue weighted by Crippen LogP contribution is -2.49. The Morgan fingerprint density at radius 3 is 2.65 bits per heavy atom. The number of hydrogen-bond acceptors (Lipinski definition) is 7. The summed E-state index contributed by atoms with van der Waals surface area (Å²) in [5.74, 6) is 1.50. The monoisotopic (exact) mass is 320 g/mol. The Morgan fingerprint density at radius 1 is 1.22 bits per heavy atom. The van der Waals surface area contributed by atoms with Crippen molar-refractivity contribution in [3.63, 3.8) is 0 Å². The molecule has 2 saturated heterocycles. The van der Waals surface area contributed by atoms with Gasteiger partial charge in [-0.05, 0) is 12.8 Å². The highest BCUT2D eigenvalue weighted by Gasteiger charge is 2.26. The minimum atomic E-state index is -0.285. The standard InChI is InChI=1S/C15H24N6O2/c16-13(23)9-19-4-6-20(7-5-19)14-8-15(18-11-17-14)21-3-1-2-12(21)10-22/h8,11-12,22H,1-7,9-10H2,(H2,16,23)/t12-/m0/s1. The lowest BCUT2D eigenvalue weighted by atomic mass is 10.2. The van der Waals surface area contributed by atoms with Gasteiger partial charge in [0.1, 0.15) is 18.0 Å². The predicted octanol–water partition coefficient (Wildman–Crippen LogP) is -0.955. The summed E-state index contributed by atoms with van der Waals surface area (Å²) in [6, 6.07) is 2.16. The van der Waals surface area contributed by atoms with Crippen molar-refractivity contribution in [3.8, 4) is 0 Å². The van der Waals surface area contributed by atoms with Gasteiger partial charge in [-0.25, -0.2) is 9.97 Å². The zero-order valence-corrected chi connectivity index (χ0v) is 13.3. The molecule has 3 rings (SSSR count). The van der Waals surface area contributed by atoms with Gasteiger partial charge in [-0.2, -0.15) is 0 Å². The Balaban J connectivity index is 1.65. The fourth-order valence-electron chi connectivity index (χ4n) is 3.35. The summed E-state index contributed by atoms with van der Waals surface area (Å²) in [5.41, 5.74) is 5.24. The first-order valence-electron chi connectivity index (χ1n) is 8.12.